The van der Waals surface area contributed by atoms with Gasteiger partial charge < -0.3 is 34.6 Å². The van der Waals surface area contributed by atoms with E-state index >= 15 is 0 Å². The topological polar surface area (TPSA) is 109 Å². The van der Waals surface area contributed by atoms with Gasteiger partial charge in [-0.25, -0.2) is 4.39 Å². The predicted octanol–water partition coefficient (Wildman–Crippen LogP) is 4.71. The van der Waals surface area contributed by atoms with Gasteiger partial charge in [-0.3, -0.25) is 4.79 Å². The molecule has 1 atom stereocenters. The number of fused-ring (bicyclic) bond motifs is 4. The number of carbonyl (C=O) groups excluding carboxylic acids is 1. The molecule has 0 spiro atoms. The molecule has 3 heterocycles. The SMILES string of the molecule is COc1cc2c(cc1OCCO)-c1cc(C(=O)NC(CO)Cc3c[nH]c4ccccc34)c(-c3cccc(F)c3)n1CC2. The summed E-state index contributed by atoms with van der Waals surface area (Å²) in [4.78, 5) is 17.2. The Hall–Kier alpha value is -4.60. The molecule has 1 aliphatic heterocycles. The minimum Gasteiger partial charge on any atom is -0.493 e. The van der Waals surface area contributed by atoms with E-state index in [9.17, 15) is 19.4 Å². The number of halogens is 1. The first-order valence-corrected chi connectivity index (χ1v) is 13.9. The number of nitrogens with one attached hydrogen (secondary N) is 2. The lowest BCUT2D eigenvalue weighted by Gasteiger charge is -2.24. The molecule has 3 aromatic carbocycles. The number of benzene rings is 3. The van der Waals surface area contributed by atoms with Gasteiger partial charge in [-0.2, -0.15) is 0 Å². The maximum Gasteiger partial charge on any atom is 0.253 e. The molecule has 4 N–H and O–H groups in total. The van der Waals surface area contributed by atoms with Gasteiger partial charge in [0.2, 0.25) is 0 Å². The summed E-state index contributed by atoms with van der Waals surface area (Å²) in [7, 11) is 1.57. The van der Waals surface area contributed by atoms with Crippen molar-refractivity contribution in [3.05, 3.63) is 95.4 Å². The zero-order valence-electron chi connectivity index (χ0n) is 23.2. The number of H-pyrrole nitrogens is 1. The second-order valence-corrected chi connectivity index (χ2v) is 10.4. The summed E-state index contributed by atoms with van der Waals surface area (Å²) in [5.41, 5.74) is 6.22. The van der Waals surface area contributed by atoms with Crippen LogP contribution >= 0.6 is 0 Å². The van der Waals surface area contributed by atoms with E-state index in [0.29, 0.717) is 47.7 Å². The van der Waals surface area contributed by atoms with Crippen molar-refractivity contribution < 1.29 is 28.9 Å². The molecule has 1 aliphatic rings. The zero-order chi connectivity index (χ0) is 29.2. The van der Waals surface area contributed by atoms with Gasteiger partial charge >= 0.3 is 0 Å². The van der Waals surface area contributed by atoms with E-state index in [-0.39, 0.29) is 25.7 Å². The number of amides is 1. The first-order valence-electron chi connectivity index (χ1n) is 13.9. The Kier molecular flexibility index (Phi) is 7.69. The highest BCUT2D eigenvalue weighted by Gasteiger charge is 2.29. The number of para-hydroxylation sites is 1. The van der Waals surface area contributed by atoms with Gasteiger partial charge in [0.1, 0.15) is 12.4 Å². The lowest BCUT2D eigenvalue weighted by Crippen LogP contribution is -2.39. The Morgan fingerprint density at radius 2 is 1.95 bits per heavy atom. The Balaban J connectivity index is 1.40. The first-order chi connectivity index (χ1) is 20.5. The molecule has 0 aliphatic carbocycles. The van der Waals surface area contributed by atoms with Gasteiger partial charge in [-0.1, -0.05) is 30.3 Å². The standard InChI is InChI=1S/C33H32FN3O5/c1-41-30-15-20-9-10-37-29(26(20)17-31(30)42-12-11-38)16-27(32(37)21-5-4-6-23(34)13-21)33(40)36-24(19-39)14-22-18-35-28-8-3-2-7-25(22)28/h2-8,13,15-18,24,35,38-39H,9-12,14,19H2,1H3,(H,36,40). The highest BCUT2D eigenvalue weighted by Crippen LogP contribution is 2.42. The van der Waals surface area contributed by atoms with Crippen LogP contribution in [-0.2, 0) is 19.4 Å². The van der Waals surface area contributed by atoms with Crippen molar-refractivity contribution in [2.45, 2.75) is 25.4 Å². The molecule has 6 rings (SSSR count). The molecule has 9 heteroatoms. The molecule has 1 unspecified atom stereocenters. The molecular formula is C33H32FN3O5. The molecule has 216 valence electrons. The number of ether oxygens (including phenoxy) is 2. The van der Waals surface area contributed by atoms with Gasteiger partial charge in [0, 0.05) is 40.5 Å². The molecule has 42 heavy (non-hydrogen) atoms. The number of nitrogens with zero attached hydrogens (tertiary/aromatic N) is 1. The van der Waals surface area contributed by atoms with Crippen LogP contribution in [0.1, 0.15) is 21.5 Å². The normalized spacial score (nSPS) is 13.0. The summed E-state index contributed by atoms with van der Waals surface area (Å²) in [5, 5.41) is 23.6. The van der Waals surface area contributed by atoms with E-state index in [1.165, 1.54) is 12.1 Å². The lowest BCUT2D eigenvalue weighted by atomic mass is 9.97. The second-order valence-electron chi connectivity index (χ2n) is 10.4. The van der Waals surface area contributed by atoms with Gasteiger partial charge in [0.15, 0.2) is 11.5 Å². The molecule has 1 amide bonds. The number of hydrogen-bond acceptors (Lipinski definition) is 5. The molecule has 5 aromatic rings. The molecule has 8 nitrogen and oxygen atoms in total. The number of methoxy groups -OCH3 is 1. The van der Waals surface area contributed by atoms with Gasteiger partial charge in [0.25, 0.3) is 5.91 Å². The lowest BCUT2D eigenvalue weighted by molar-refractivity contribution is 0.0917. The highest BCUT2D eigenvalue weighted by atomic mass is 19.1. The molecule has 0 saturated carbocycles. The fraction of sp³-hybridized carbons (Fsp3) is 0.242. The Labute approximate surface area is 242 Å². The smallest absolute Gasteiger partial charge is 0.253 e. The Morgan fingerprint density at radius 1 is 1.10 bits per heavy atom. The van der Waals surface area contributed by atoms with Crippen molar-refractivity contribution in [1.82, 2.24) is 14.9 Å². The third-order valence-corrected chi connectivity index (χ3v) is 7.76. The first kappa shape index (κ1) is 27.6. The van der Waals surface area contributed by atoms with Crippen molar-refractivity contribution in [3.63, 3.8) is 0 Å². The molecular weight excluding hydrogens is 537 g/mol. The van der Waals surface area contributed by atoms with Gasteiger partial charge in [0.05, 0.1) is 37.6 Å². The second kappa shape index (κ2) is 11.7. The summed E-state index contributed by atoms with van der Waals surface area (Å²) in [5.74, 6) is 0.287. The van der Waals surface area contributed by atoms with Crippen molar-refractivity contribution in [2.24, 2.45) is 0 Å². The van der Waals surface area contributed by atoms with Crippen LogP contribution in [0.3, 0.4) is 0 Å². The third kappa shape index (κ3) is 5.13. The van der Waals surface area contributed by atoms with Crippen LogP contribution in [0.4, 0.5) is 4.39 Å². The summed E-state index contributed by atoms with van der Waals surface area (Å²) < 4.78 is 27.7. The van der Waals surface area contributed by atoms with Crippen LogP contribution in [0.5, 0.6) is 11.5 Å². The highest BCUT2D eigenvalue weighted by molar-refractivity contribution is 6.02. The number of aliphatic hydroxyl groups excluding tert-OH is 2. The maximum absolute atomic E-state index is 14.4. The summed E-state index contributed by atoms with van der Waals surface area (Å²) in [6.07, 6.45) is 3.00. The number of rotatable bonds is 10. The average Bonchev–Trinajstić information content (AvgIpc) is 3.61. The van der Waals surface area contributed by atoms with E-state index in [1.807, 2.05) is 53.2 Å². The fourth-order valence-electron chi connectivity index (χ4n) is 5.82. The Morgan fingerprint density at radius 3 is 2.74 bits per heavy atom. The van der Waals surface area contributed by atoms with Gasteiger partial charge in [-0.15, -0.1) is 0 Å². The van der Waals surface area contributed by atoms with Crippen molar-refractivity contribution >= 4 is 16.8 Å². The largest absolute Gasteiger partial charge is 0.493 e. The molecule has 0 fully saturated rings. The molecule has 0 bridgehead atoms. The van der Waals surface area contributed by atoms with Crippen molar-refractivity contribution in [1.29, 1.82) is 0 Å². The van der Waals surface area contributed by atoms with E-state index < -0.39 is 11.9 Å². The monoisotopic (exact) mass is 569 g/mol. The van der Waals surface area contributed by atoms with Crippen LogP contribution in [-0.4, -0.2) is 58.6 Å². The van der Waals surface area contributed by atoms with E-state index in [4.69, 9.17) is 9.47 Å². The minimum absolute atomic E-state index is 0.108. The van der Waals surface area contributed by atoms with E-state index in [2.05, 4.69) is 10.3 Å². The van der Waals surface area contributed by atoms with E-state index in [1.54, 1.807) is 19.2 Å². The summed E-state index contributed by atoms with van der Waals surface area (Å²) in [6.45, 7) is 0.287. The van der Waals surface area contributed by atoms with Gasteiger partial charge in [-0.05, 0) is 60.4 Å². The minimum atomic E-state index is -0.538. The van der Waals surface area contributed by atoms with Crippen molar-refractivity contribution in [2.75, 3.05) is 26.9 Å². The quantitative estimate of drug-likeness (QED) is 0.195. The third-order valence-electron chi connectivity index (χ3n) is 7.76. The van der Waals surface area contributed by atoms with Crippen LogP contribution < -0.4 is 14.8 Å². The average molecular weight is 570 g/mol. The maximum atomic E-state index is 14.4. The summed E-state index contributed by atoms with van der Waals surface area (Å²) in [6, 6.07) is 19.2. The zero-order valence-corrected chi connectivity index (χ0v) is 23.2. The number of aromatic nitrogens is 2. The van der Waals surface area contributed by atoms with Crippen LogP contribution in [0.25, 0.3) is 33.4 Å². The number of hydrogen-bond donors (Lipinski definition) is 4. The number of carbonyl (C=O) groups is 1. The van der Waals surface area contributed by atoms with Crippen LogP contribution in [0.2, 0.25) is 0 Å². The van der Waals surface area contributed by atoms with E-state index in [0.717, 1.165) is 33.3 Å². The molecule has 2 aromatic heterocycles. The van der Waals surface area contributed by atoms with Crippen LogP contribution in [0.15, 0.2) is 72.9 Å². The molecule has 0 saturated heterocycles. The fourth-order valence-corrected chi connectivity index (χ4v) is 5.82. The summed E-state index contributed by atoms with van der Waals surface area (Å²) >= 11 is 0. The predicted molar refractivity (Wildman–Crippen MR) is 158 cm³/mol. The Bertz CT molecular complexity index is 1760. The van der Waals surface area contributed by atoms with Crippen LogP contribution in [0, 0.1) is 5.82 Å². The van der Waals surface area contributed by atoms with Crippen molar-refractivity contribution in [3.8, 4) is 34.0 Å². The number of aliphatic hydroxyl groups is 2. The number of aromatic amines is 1. The molecule has 0 radical (unpaired) electrons. The number of aryl methyl sites for hydroxylation is 1.